The van der Waals surface area contributed by atoms with Crippen molar-refractivity contribution in [1.29, 1.82) is 0 Å². The van der Waals surface area contributed by atoms with Crippen molar-refractivity contribution in [2.75, 3.05) is 6.61 Å². The van der Waals surface area contributed by atoms with Crippen molar-refractivity contribution >= 4 is 27.9 Å². The molecule has 3 nitrogen and oxygen atoms in total. The highest BCUT2D eigenvalue weighted by Crippen LogP contribution is 2.29. The van der Waals surface area contributed by atoms with Gasteiger partial charge in [-0.3, -0.25) is 4.79 Å². The minimum atomic E-state index is -0.404. The molecular weight excluding hydrogens is 306 g/mol. The Bertz CT molecular complexity index is 479. The molecular formula is C15H18BrNO2. The predicted octanol–water partition coefficient (Wildman–Crippen LogP) is 2.88. The average molecular weight is 324 g/mol. The summed E-state index contributed by atoms with van der Waals surface area (Å²) in [6.45, 7) is 0.0173. The summed E-state index contributed by atoms with van der Waals surface area (Å²) in [5.74, 6) is -0.143. The number of benzene rings is 1. The zero-order valence-corrected chi connectivity index (χ0v) is 12.3. The molecule has 1 aliphatic rings. The standard InChI is InChI=1S/C15H18BrNO2/c16-13-5-3-4-12(10-13)6-7-14(19)17-15(11-18)8-1-2-9-15/h3-7,10,18H,1-2,8-9,11H2,(H,17,19). The SMILES string of the molecule is O=C(C=Cc1cccc(Br)c1)NC1(CO)CCCC1. The number of aliphatic hydroxyl groups is 1. The fourth-order valence-electron chi connectivity index (χ4n) is 2.46. The first-order valence-electron chi connectivity index (χ1n) is 6.50. The van der Waals surface area contributed by atoms with E-state index in [0.29, 0.717) is 0 Å². The van der Waals surface area contributed by atoms with Gasteiger partial charge in [0.05, 0.1) is 12.1 Å². The molecule has 0 radical (unpaired) electrons. The van der Waals surface area contributed by atoms with Crippen molar-refractivity contribution in [2.24, 2.45) is 0 Å². The van der Waals surface area contributed by atoms with E-state index in [1.807, 2.05) is 24.3 Å². The molecule has 0 aliphatic heterocycles. The van der Waals surface area contributed by atoms with Crippen LogP contribution in [0.25, 0.3) is 6.08 Å². The molecule has 0 bridgehead atoms. The molecule has 1 saturated carbocycles. The maximum atomic E-state index is 11.9. The molecule has 102 valence electrons. The number of halogens is 1. The maximum absolute atomic E-state index is 11.9. The Morgan fingerprint density at radius 2 is 2.16 bits per heavy atom. The van der Waals surface area contributed by atoms with Crippen molar-refractivity contribution in [2.45, 2.75) is 31.2 Å². The fourth-order valence-corrected chi connectivity index (χ4v) is 2.88. The quantitative estimate of drug-likeness (QED) is 0.837. The van der Waals surface area contributed by atoms with Gasteiger partial charge in [0.25, 0.3) is 0 Å². The van der Waals surface area contributed by atoms with E-state index in [-0.39, 0.29) is 12.5 Å². The third-order valence-electron chi connectivity index (χ3n) is 3.53. The van der Waals surface area contributed by atoms with Crippen LogP contribution in [0.15, 0.2) is 34.8 Å². The van der Waals surface area contributed by atoms with Crippen LogP contribution in [0.1, 0.15) is 31.2 Å². The summed E-state index contributed by atoms with van der Waals surface area (Å²) in [6, 6.07) is 7.75. The average Bonchev–Trinajstić information content (AvgIpc) is 2.86. The normalized spacial score (nSPS) is 17.8. The number of hydrogen-bond donors (Lipinski definition) is 2. The Balaban J connectivity index is 1.97. The lowest BCUT2D eigenvalue weighted by Gasteiger charge is -2.27. The Kier molecular flexibility index (Phi) is 4.77. The number of rotatable bonds is 4. The molecule has 0 spiro atoms. The van der Waals surface area contributed by atoms with E-state index in [1.165, 1.54) is 6.08 Å². The van der Waals surface area contributed by atoms with Gasteiger partial charge < -0.3 is 10.4 Å². The van der Waals surface area contributed by atoms with Crippen LogP contribution in [0.4, 0.5) is 0 Å². The molecule has 0 heterocycles. The maximum Gasteiger partial charge on any atom is 0.244 e. The van der Waals surface area contributed by atoms with Crippen molar-refractivity contribution in [1.82, 2.24) is 5.32 Å². The van der Waals surface area contributed by atoms with Crippen LogP contribution in [0.5, 0.6) is 0 Å². The lowest BCUT2D eigenvalue weighted by Crippen LogP contribution is -2.48. The number of carbonyl (C=O) groups is 1. The number of hydrogen-bond acceptors (Lipinski definition) is 2. The van der Waals surface area contributed by atoms with Crippen molar-refractivity contribution < 1.29 is 9.90 Å². The van der Waals surface area contributed by atoms with Gasteiger partial charge in [0, 0.05) is 10.5 Å². The molecule has 1 aromatic carbocycles. The first kappa shape index (κ1) is 14.3. The van der Waals surface area contributed by atoms with Gasteiger partial charge in [0.15, 0.2) is 0 Å². The first-order valence-corrected chi connectivity index (χ1v) is 7.30. The van der Waals surface area contributed by atoms with Crippen molar-refractivity contribution in [3.63, 3.8) is 0 Å². The number of nitrogens with one attached hydrogen (secondary N) is 1. The van der Waals surface area contributed by atoms with Crippen LogP contribution < -0.4 is 5.32 Å². The molecule has 19 heavy (non-hydrogen) atoms. The molecule has 0 atom stereocenters. The van der Waals surface area contributed by atoms with Gasteiger partial charge in [0.2, 0.25) is 5.91 Å². The lowest BCUT2D eigenvalue weighted by atomic mass is 9.99. The van der Waals surface area contributed by atoms with Gasteiger partial charge in [-0.15, -0.1) is 0 Å². The van der Waals surface area contributed by atoms with Crippen LogP contribution in [0.2, 0.25) is 0 Å². The van der Waals surface area contributed by atoms with Gasteiger partial charge in [-0.2, -0.15) is 0 Å². The molecule has 1 fully saturated rings. The third-order valence-corrected chi connectivity index (χ3v) is 4.02. The smallest absolute Gasteiger partial charge is 0.244 e. The fraction of sp³-hybridized carbons (Fsp3) is 0.400. The Morgan fingerprint density at radius 1 is 1.42 bits per heavy atom. The van der Waals surface area contributed by atoms with E-state index >= 15 is 0 Å². The Hall–Kier alpha value is -1.13. The van der Waals surface area contributed by atoms with Crippen LogP contribution in [-0.4, -0.2) is 23.2 Å². The molecule has 1 aromatic rings. The molecule has 0 saturated heterocycles. The summed E-state index contributed by atoms with van der Waals surface area (Å²) < 4.78 is 0.984. The summed E-state index contributed by atoms with van der Waals surface area (Å²) in [5, 5.41) is 12.4. The summed E-state index contributed by atoms with van der Waals surface area (Å²) in [6.07, 6.45) is 7.16. The van der Waals surface area contributed by atoms with E-state index in [9.17, 15) is 9.90 Å². The van der Waals surface area contributed by atoms with E-state index in [2.05, 4.69) is 21.2 Å². The monoisotopic (exact) mass is 323 g/mol. The lowest BCUT2D eigenvalue weighted by molar-refractivity contribution is -0.118. The number of carbonyl (C=O) groups excluding carboxylic acids is 1. The highest BCUT2D eigenvalue weighted by atomic mass is 79.9. The van der Waals surface area contributed by atoms with Gasteiger partial charge in [0.1, 0.15) is 0 Å². The van der Waals surface area contributed by atoms with E-state index in [4.69, 9.17) is 0 Å². The summed E-state index contributed by atoms with van der Waals surface area (Å²) in [4.78, 5) is 11.9. The zero-order chi connectivity index (χ0) is 13.7. The summed E-state index contributed by atoms with van der Waals surface area (Å²) >= 11 is 3.39. The second kappa shape index (κ2) is 6.35. The number of amides is 1. The van der Waals surface area contributed by atoms with Crippen molar-refractivity contribution in [3.05, 3.63) is 40.4 Å². The highest BCUT2D eigenvalue weighted by Gasteiger charge is 2.33. The topological polar surface area (TPSA) is 49.3 Å². The number of aliphatic hydroxyl groups excluding tert-OH is 1. The van der Waals surface area contributed by atoms with Crippen LogP contribution in [0.3, 0.4) is 0 Å². The third kappa shape index (κ3) is 3.91. The minimum absolute atomic E-state index is 0.0173. The molecule has 1 amide bonds. The first-order chi connectivity index (χ1) is 9.13. The largest absolute Gasteiger partial charge is 0.394 e. The minimum Gasteiger partial charge on any atom is -0.394 e. The highest BCUT2D eigenvalue weighted by molar-refractivity contribution is 9.10. The molecule has 0 unspecified atom stereocenters. The van der Waals surface area contributed by atoms with Gasteiger partial charge in [-0.1, -0.05) is 40.9 Å². The molecule has 0 aromatic heterocycles. The van der Waals surface area contributed by atoms with Gasteiger partial charge in [-0.05, 0) is 36.6 Å². The van der Waals surface area contributed by atoms with E-state index in [1.54, 1.807) is 6.08 Å². The Labute approximate surface area is 121 Å². The van der Waals surface area contributed by atoms with Gasteiger partial charge in [-0.25, -0.2) is 0 Å². The molecule has 4 heteroatoms. The van der Waals surface area contributed by atoms with Crippen LogP contribution >= 0.6 is 15.9 Å². The van der Waals surface area contributed by atoms with E-state index in [0.717, 1.165) is 35.7 Å². The Morgan fingerprint density at radius 3 is 2.79 bits per heavy atom. The molecule has 2 N–H and O–H groups in total. The molecule has 2 rings (SSSR count). The summed E-state index contributed by atoms with van der Waals surface area (Å²) in [5.41, 5.74) is 0.563. The predicted molar refractivity (Wildman–Crippen MR) is 79.6 cm³/mol. The van der Waals surface area contributed by atoms with E-state index < -0.39 is 5.54 Å². The van der Waals surface area contributed by atoms with Crippen LogP contribution in [-0.2, 0) is 4.79 Å². The van der Waals surface area contributed by atoms with Crippen LogP contribution in [0, 0.1) is 0 Å². The second-order valence-corrected chi connectivity index (χ2v) is 5.94. The van der Waals surface area contributed by atoms with Crippen molar-refractivity contribution in [3.8, 4) is 0 Å². The zero-order valence-electron chi connectivity index (χ0n) is 10.7. The molecule has 1 aliphatic carbocycles. The summed E-state index contributed by atoms with van der Waals surface area (Å²) in [7, 11) is 0. The van der Waals surface area contributed by atoms with Gasteiger partial charge >= 0.3 is 0 Å². The second-order valence-electron chi connectivity index (χ2n) is 5.02.